The molecule has 3 unspecified atom stereocenters. The molecule has 142 valence electrons. The second-order valence-corrected chi connectivity index (χ2v) is 5.85. The van der Waals surface area contributed by atoms with E-state index in [1.165, 1.54) is 6.92 Å². The third-order valence-electron chi connectivity index (χ3n) is 3.17. The molecule has 8 N–H and O–H groups in total. The van der Waals surface area contributed by atoms with E-state index in [-0.39, 0.29) is 12.3 Å². The number of carboxylic acids is 1. The smallest absolute Gasteiger partial charge is 0.322 e. The Hall–Kier alpha value is -2.69. The van der Waals surface area contributed by atoms with Gasteiger partial charge < -0.3 is 32.5 Å². The first-order valence-electron chi connectivity index (χ1n) is 7.59. The van der Waals surface area contributed by atoms with E-state index >= 15 is 0 Å². The fourth-order valence-electron chi connectivity index (χ4n) is 1.79. The van der Waals surface area contributed by atoms with Crippen LogP contribution in [0.2, 0.25) is 0 Å². The first-order chi connectivity index (χ1) is 11.5. The van der Waals surface area contributed by atoms with Crippen LogP contribution in [0.5, 0.6) is 0 Å². The molecule has 0 aliphatic carbocycles. The average Bonchev–Trinajstić information content (AvgIpc) is 2.48. The zero-order valence-corrected chi connectivity index (χ0v) is 14.4. The lowest BCUT2D eigenvalue weighted by molar-refractivity contribution is -0.138. The van der Waals surface area contributed by atoms with Crippen molar-refractivity contribution < 1.29 is 29.1 Å². The van der Waals surface area contributed by atoms with Crippen molar-refractivity contribution in [3.63, 3.8) is 0 Å². The molecule has 0 aliphatic heterocycles. The van der Waals surface area contributed by atoms with Gasteiger partial charge in [0.05, 0.1) is 12.5 Å². The SMILES string of the molecule is CC(NC(=O)C(NC(=O)C(N)CC(N)=O)C(C)C)C(=O)NCC(=O)O. The van der Waals surface area contributed by atoms with Crippen LogP contribution in [0, 0.1) is 5.92 Å². The van der Waals surface area contributed by atoms with Gasteiger partial charge in [-0.3, -0.25) is 24.0 Å². The monoisotopic (exact) mass is 359 g/mol. The Bertz CT molecular complexity index is 536. The molecule has 11 heteroatoms. The summed E-state index contributed by atoms with van der Waals surface area (Å²) in [5.74, 6) is -4.36. The number of rotatable bonds is 10. The maximum absolute atomic E-state index is 12.3. The molecule has 0 aromatic heterocycles. The number of nitrogens with two attached hydrogens (primary N) is 2. The van der Waals surface area contributed by atoms with Gasteiger partial charge in [0, 0.05) is 0 Å². The summed E-state index contributed by atoms with van der Waals surface area (Å²) in [6.07, 6.45) is -0.369. The molecule has 0 aromatic rings. The van der Waals surface area contributed by atoms with Crippen LogP contribution in [-0.2, 0) is 24.0 Å². The van der Waals surface area contributed by atoms with Crippen molar-refractivity contribution in [1.82, 2.24) is 16.0 Å². The molecule has 0 rings (SSSR count). The summed E-state index contributed by atoms with van der Waals surface area (Å²) >= 11 is 0. The molecule has 0 saturated heterocycles. The van der Waals surface area contributed by atoms with Gasteiger partial charge in [0.15, 0.2) is 0 Å². The molecule has 3 atom stereocenters. The van der Waals surface area contributed by atoms with Gasteiger partial charge in [-0.2, -0.15) is 0 Å². The van der Waals surface area contributed by atoms with Gasteiger partial charge in [-0.1, -0.05) is 13.8 Å². The number of carboxylic acid groups (broad SMARTS) is 1. The number of hydrogen-bond donors (Lipinski definition) is 6. The van der Waals surface area contributed by atoms with Crippen LogP contribution in [0.15, 0.2) is 0 Å². The Labute approximate surface area is 144 Å². The molecular weight excluding hydrogens is 334 g/mol. The van der Waals surface area contributed by atoms with E-state index in [0.717, 1.165) is 0 Å². The van der Waals surface area contributed by atoms with E-state index < -0.39 is 54.3 Å². The van der Waals surface area contributed by atoms with Crippen LogP contribution in [0.4, 0.5) is 0 Å². The highest BCUT2D eigenvalue weighted by atomic mass is 16.4. The summed E-state index contributed by atoms with van der Waals surface area (Å²) in [5, 5.41) is 15.4. The lowest BCUT2D eigenvalue weighted by atomic mass is 10.0. The van der Waals surface area contributed by atoms with Gasteiger partial charge in [0.1, 0.15) is 18.6 Å². The molecule has 11 nitrogen and oxygen atoms in total. The van der Waals surface area contributed by atoms with E-state index in [0.29, 0.717) is 0 Å². The van der Waals surface area contributed by atoms with Crippen molar-refractivity contribution in [3.8, 4) is 0 Å². The van der Waals surface area contributed by atoms with Crippen LogP contribution < -0.4 is 27.4 Å². The maximum Gasteiger partial charge on any atom is 0.322 e. The topological polar surface area (TPSA) is 194 Å². The Morgan fingerprint density at radius 3 is 1.96 bits per heavy atom. The predicted molar refractivity (Wildman–Crippen MR) is 86.8 cm³/mol. The number of primary amides is 1. The summed E-state index contributed by atoms with van der Waals surface area (Å²) in [6, 6.07) is -3.20. The Balaban J connectivity index is 4.78. The summed E-state index contributed by atoms with van der Waals surface area (Å²) in [6.45, 7) is 4.12. The first-order valence-corrected chi connectivity index (χ1v) is 7.59. The van der Waals surface area contributed by atoms with Crippen LogP contribution in [0.1, 0.15) is 27.2 Å². The molecule has 0 fully saturated rings. The second kappa shape index (κ2) is 10.2. The Kier molecular flexibility index (Phi) is 9.13. The van der Waals surface area contributed by atoms with Gasteiger partial charge in [-0.05, 0) is 12.8 Å². The minimum Gasteiger partial charge on any atom is -0.480 e. The normalized spacial score (nSPS) is 14.1. The summed E-state index contributed by atoms with van der Waals surface area (Å²) < 4.78 is 0. The number of carbonyl (C=O) groups excluding carboxylic acids is 4. The third-order valence-corrected chi connectivity index (χ3v) is 3.17. The van der Waals surface area contributed by atoms with Gasteiger partial charge in [-0.25, -0.2) is 0 Å². The lowest BCUT2D eigenvalue weighted by Crippen LogP contribution is -2.57. The molecule has 0 saturated carbocycles. The van der Waals surface area contributed by atoms with E-state index in [2.05, 4.69) is 16.0 Å². The summed E-state index contributed by atoms with van der Waals surface area (Å²) in [4.78, 5) is 57.1. The van der Waals surface area contributed by atoms with E-state index in [4.69, 9.17) is 16.6 Å². The largest absolute Gasteiger partial charge is 0.480 e. The van der Waals surface area contributed by atoms with E-state index in [1.54, 1.807) is 13.8 Å². The second-order valence-electron chi connectivity index (χ2n) is 5.85. The zero-order chi connectivity index (χ0) is 19.7. The van der Waals surface area contributed by atoms with Crippen molar-refractivity contribution in [1.29, 1.82) is 0 Å². The van der Waals surface area contributed by atoms with Gasteiger partial charge in [0.25, 0.3) is 0 Å². The minimum atomic E-state index is -1.22. The van der Waals surface area contributed by atoms with Crippen LogP contribution in [0.25, 0.3) is 0 Å². The van der Waals surface area contributed by atoms with Crippen molar-refractivity contribution in [2.75, 3.05) is 6.54 Å². The van der Waals surface area contributed by atoms with Crippen LogP contribution in [-0.4, -0.2) is 59.4 Å². The van der Waals surface area contributed by atoms with Crippen molar-refractivity contribution in [3.05, 3.63) is 0 Å². The van der Waals surface area contributed by atoms with Gasteiger partial charge >= 0.3 is 5.97 Å². The highest BCUT2D eigenvalue weighted by Crippen LogP contribution is 2.03. The first kappa shape index (κ1) is 22.3. The number of amides is 4. The average molecular weight is 359 g/mol. The minimum absolute atomic E-state index is 0.334. The van der Waals surface area contributed by atoms with Gasteiger partial charge in [0.2, 0.25) is 23.6 Å². The molecular formula is C14H25N5O6. The van der Waals surface area contributed by atoms with Gasteiger partial charge in [-0.15, -0.1) is 0 Å². The van der Waals surface area contributed by atoms with Crippen LogP contribution in [0.3, 0.4) is 0 Å². The number of hydrogen-bond acceptors (Lipinski definition) is 6. The third kappa shape index (κ3) is 8.65. The fourth-order valence-corrected chi connectivity index (χ4v) is 1.79. The van der Waals surface area contributed by atoms with E-state index in [1.807, 2.05) is 0 Å². The quantitative estimate of drug-likeness (QED) is 0.239. The number of nitrogens with one attached hydrogen (secondary N) is 3. The summed E-state index contributed by atoms with van der Waals surface area (Å²) in [5.41, 5.74) is 10.5. The van der Waals surface area contributed by atoms with Crippen molar-refractivity contribution >= 4 is 29.6 Å². The molecule has 0 aliphatic rings. The number of aliphatic carboxylic acids is 1. The fraction of sp³-hybridized carbons (Fsp3) is 0.643. The predicted octanol–water partition coefficient (Wildman–Crippen LogP) is -2.96. The molecule has 25 heavy (non-hydrogen) atoms. The maximum atomic E-state index is 12.3. The van der Waals surface area contributed by atoms with E-state index in [9.17, 15) is 24.0 Å². The summed E-state index contributed by atoms with van der Waals surface area (Å²) in [7, 11) is 0. The molecule has 0 radical (unpaired) electrons. The molecule has 0 heterocycles. The standard InChI is InChI=1S/C14H25N5O6/c1-6(2)11(19-13(24)8(15)4-9(16)20)14(25)18-7(3)12(23)17-5-10(21)22/h6-8,11H,4-5,15H2,1-3H3,(H2,16,20)(H,17,23)(H,18,25)(H,19,24)(H,21,22). The highest BCUT2D eigenvalue weighted by Gasteiger charge is 2.29. The van der Waals surface area contributed by atoms with Crippen molar-refractivity contribution in [2.24, 2.45) is 17.4 Å². The lowest BCUT2D eigenvalue weighted by Gasteiger charge is -2.24. The molecule has 0 spiro atoms. The zero-order valence-electron chi connectivity index (χ0n) is 14.4. The Morgan fingerprint density at radius 2 is 1.52 bits per heavy atom. The molecule has 4 amide bonds. The van der Waals surface area contributed by atoms with Crippen LogP contribution >= 0.6 is 0 Å². The van der Waals surface area contributed by atoms with Crippen molar-refractivity contribution in [2.45, 2.75) is 45.3 Å². The number of carbonyl (C=O) groups is 5. The Morgan fingerprint density at radius 1 is 0.960 bits per heavy atom. The molecule has 0 aromatic carbocycles. The highest BCUT2D eigenvalue weighted by molar-refractivity contribution is 5.94. The molecule has 0 bridgehead atoms.